The second kappa shape index (κ2) is 8.01. The maximum atomic E-state index is 5.13. The number of nitrogens with zero attached hydrogens (tertiary/aromatic N) is 1. The summed E-state index contributed by atoms with van der Waals surface area (Å²) in [6.07, 6.45) is 4.75. The van der Waals surface area contributed by atoms with Crippen molar-refractivity contribution in [1.82, 2.24) is 4.98 Å². The highest BCUT2D eigenvalue weighted by molar-refractivity contribution is 7.99. The van der Waals surface area contributed by atoms with Gasteiger partial charge in [0, 0.05) is 23.0 Å². The van der Waals surface area contributed by atoms with Crippen LogP contribution in [0.15, 0.2) is 53.7 Å². The molecule has 0 saturated carbocycles. The summed E-state index contributed by atoms with van der Waals surface area (Å²) in [4.78, 5) is 5.29. The molecule has 0 aliphatic carbocycles. The van der Waals surface area contributed by atoms with E-state index in [0.717, 1.165) is 17.9 Å². The summed E-state index contributed by atoms with van der Waals surface area (Å²) in [5.74, 6) is 1.99. The molecule has 0 aliphatic heterocycles. The number of aromatic nitrogens is 1. The lowest BCUT2D eigenvalue weighted by atomic mass is 10.2. The number of aryl methyl sites for hydroxylation is 1. The minimum atomic E-state index is 0. The number of halogens is 1. The number of ether oxygens (including phenoxy) is 1. The SMILES string of the molecule is COc1ccc(SCCc2ccncc2)cc1.[Cl-]. The third-order valence-corrected chi connectivity index (χ3v) is 3.48. The highest BCUT2D eigenvalue weighted by atomic mass is 35.5. The van der Waals surface area contributed by atoms with Crippen molar-refractivity contribution in [2.75, 3.05) is 12.9 Å². The fourth-order valence-electron chi connectivity index (χ4n) is 1.51. The van der Waals surface area contributed by atoms with E-state index in [4.69, 9.17) is 4.74 Å². The number of benzene rings is 1. The van der Waals surface area contributed by atoms with Crippen LogP contribution in [0.4, 0.5) is 0 Å². The Balaban J connectivity index is 0.00000162. The first kappa shape index (κ1) is 14.9. The molecule has 0 bridgehead atoms. The predicted octanol–water partition coefficient (Wildman–Crippen LogP) is 0.429. The monoisotopic (exact) mass is 280 g/mol. The Morgan fingerprint density at radius 3 is 2.33 bits per heavy atom. The van der Waals surface area contributed by atoms with Gasteiger partial charge in [-0.15, -0.1) is 11.8 Å². The molecular weight excluding hydrogens is 266 g/mol. The molecule has 0 unspecified atom stereocenters. The maximum Gasteiger partial charge on any atom is 0.118 e. The molecule has 0 fully saturated rings. The van der Waals surface area contributed by atoms with Crippen molar-refractivity contribution in [3.05, 3.63) is 54.4 Å². The molecule has 0 atom stereocenters. The number of hydrogen-bond donors (Lipinski definition) is 0. The minimum absolute atomic E-state index is 0. The van der Waals surface area contributed by atoms with Crippen LogP contribution in [0.25, 0.3) is 0 Å². The Hall–Kier alpha value is -1.19. The summed E-state index contributed by atoms with van der Waals surface area (Å²) in [6, 6.07) is 12.3. The van der Waals surface area contributed by atoms with Gasteiger partial charge in [0.25, 0.3) is 0 Å². The molecule has 2 nitrogen and oxygen atoms in total. The largest absolute Gasteiger partial charge is 1.00 e. The van der Waals surface area contributed by atoms with E-state index >= 15 is 0 Å². The van der Waals surface area contributed by atoms with Crippen LogP contribution in [-0.2, 0) is 6.42 Å². The van der Waals surface area contributed by atoms with Crippen LogP contribution >= 0.6 is 11.8 Å². The van der Waals surface area contributed by atoms with Crippen molar-refractivity contribution in [2.24, 2.45) is 0 Å². The van der Waals surface area contributed by atoms with Crippen molar-refractivity contribution in [1.29, 1.82) is 0 Å². The molecule has 0 amide bonds. The summed E-state index contributed by atoms with van der Waals surface area (Å²) in [5, 5.41) is 0. The van der Waals surface area contributed by atoms with E-state index in [-0.39, 0.29) is 12.4 Å². The molecular formula is C14H15ClNOS-. The van der Waals surface area contributed by atoms with Crippen molar-refractivity contribution >= 4 is 11.8 Å². The van der Waals surface area contributed by atoms with Gasteiger partial charge in [0.05, 0.1) is 7.11 Å². The predicted molar refractivity (Wildman–Crippen MR) is 71.7 cm³/mol. The summed E-state index contributed by atoms with van der Waals surface area (Å²) in [7, 11) is 1.69. The third kappa shape index (κ3) is 4.59. The number of pyridine rings is 1. The van der Waals surface area contributed by atoms with Gasteiger partial charge >= 0.3 is 0 Å². The van der Waals surface area contributed by atoms with Crippen LogP contribution in [0, 0.1) is 0 Å². The fourth-order valence-corrected chi connectivity index (χ4v) is 2.41. The van der Waals surface area contributed by atoms with Gasteiger partial charge in [-0.05, 0) is 48.4 Å². The van der Waals surface area contributed by atoms with Gasteiger partial charge < -0.3 is 17.1 Å². The molecule has 1 aromatic heterocycles. The number of methoxy groups -OCH3 is 1. The van der Waals surface area contributed by atoms with Crippen LogP contribution in [0.5, 0.6) is 5.75 Å². The first-order valence-electron chi connectivity index (χ1n) is 5.54. The Morgan fingerprint density at radius 2 is 1.72 bits per heavy atom. The average molecular weight is 281 g/mol. The quantitative estimate of drug-likeness (QED) is 0.742. The van der Waals surface area contributed by atoms with E-state index in [1.807, 2.05) is 36.3 Å². The summed E-state index contributed by atoms with van der Waals surface area (Å²) in [6.45, 7) is 0. The zero-order valence-corrected chi connectivity index (χ0v) is 11.7. The third-order valence-electron chi connectivity index (χ3n) is 2.47. The molecule has 4 heteroatoms. The van der Waals surface area contributed by atoms with Crippen molar-refractivity contribution in [2.45, 2.75) is 11.3 Å². The van der Waals surface area contributed by atoms with E-state index < -0.39 is 0 Å². The summed E-state index contributed by atoms with van der Waals surface area (Å²) < 4.78 is 5.13. The Labute approximate surface area is 118 Å². The van der Waals surface area contributed by atoms with E-state index in [1.54, 1.807) is 7.11 Å². The number of rotatable bonds is 5. The molecule has 0 saturated heterocycles. The van der Waals surface area contributed by atoms with Crippen molar-refractivity contribution in [3.63, 3.8) is 0 Å². The van der Waals surface area contributed by atoms with Crippen LogP contribution in [0.1, 0.15) is 5.56 Å². The van der Waals surface area contributed by atoms with Gasteiger partial charge in [-0.3, -0.25) is 4.98 Å². The van der Waals surface area contributed by atoms with Crippen LogP contribution in [-0.4, -0.2) is 17.8 Å². The van der Waals surface area contributed by atoms with E-state index in [9.17, 15) is 0 Å². The first-order chi connectivity index (χ1) is 8.38. The zero-order chi connectivity index (χ0) is 11.9. The van der Waals surface area contributed by atoms with Gasteiger partial charge in [-0.1, -0.05) is 0 Å². The zero-order valence-electron chi connectivity index (χ0n) is 10.2. The standard InChI is InChI=1S/C14H15NOS.ClH/c1-16-13-2-4-14(5-3-13)17-11-8-12-6-9-15-10-7-12;/h2-7,9-10H,8,11H2,1H3;1H/p-1. The van der Waals surface area contributed by atoms with E-state index in [0.29, 0.717) is 0 Å². The topological polar surface area (TPSA) is 22.1 Å². The minimum Gasteiger partial charge on any atom is -1.00 e. The van der Waals surface area contributed by atoms with Gasteiger partial charge in [0.15, 0.2) is 0 Å². The van der Waals surface area contributed by atoms with E-state index in [1.165, 1.54) is 10.5 Å². The van der Waals surface area contributed by atoms with Gasteiger partial charge in [0.1, 0.15) is 5.75 Å². The van der Waals surface area contributed by atoms with Crippen LogP contribution in [0.2, 0.25) is 0 Å². The molecule has 0 spiro atoms. The molecule has 96 valence electrons. The van der Waals surface area contributed by atoms with E-state index in [2.05, 4.69) is 29.2 Å². The van der Waals surface area contributed by atoms with Gasteiger partial charge in [-0.25, -0.2) is 0 Å². The molecule has 18 heavy (non-hydrogen) atoms. The normalized spacial score (nSPS) is 9.61. The molecule has 0 N–H and O–H groups in total. The first-order valence-corrected chi connectivity index (χ1v) is 6.53. The van der Waals surface area contributed by atoms with Gasteiger partial charge in [0.2, 0.25) is 0 Å². The Morgan fingerprint density at radius 1 is 1.06 bits per heavy atom. The van der Waals surface area contributed by atoms with Crippen LogP contribution < -0.4 is 17.1 Å². The Bertz CT molecular complexity index is 447. The van der Waals surface area contributed by atoms with Crippen molar-refractivity contribution < 1.29 is 17.1 Å². The van der Waals surface area contributed by atoms with Crippen molar-refractivity contribution in [3.8, 4) is 5.75 Å². The number of hydrogen-bond acceptors (Lipinski definition) is 3. The average Bonchev–Trinajstić information content (AvgIpc) is 2.41. The lowest BCUT2D eigenvalue weighted by molar-refractivity contribution is -0.00000377. The lowest BCUT2D eigenvalue weighted by Gasteiger charge is -2.03. The molecule has 2 rings (SSSR count). The molecule has 1 aromatic carbocycles. The molecule has 1 heterocycles. The second-order valence-corrected chi connectivity index (χ2v) is 4.80. The Kier molecular flexibility index (Phi) is 6.61. The summed E-state index contributed by atoms with van der Waals surface area (Å²) >= 11 is 1.86. The van der Waals surface area contributed by atoms with Crippen LogP contribution in [0.3, 0.4) is 0 Å². The molecule has 0 aliphatic rings. The summed E-state index contributed by atoms with van der Waals surface area (Å²) in [5.41, 5.74) is 1.33. The van der Waals surface area contributed by atoms with Gasteiger partial charge in [-0.2, -0.15) is 0 Å². The maximum absolute atomic E-state index is 5.13. The smallest absolute Gasteiger partial charge is 0.118 e. The highest BCUT2D eigenvalue weighted by Crippen LogP contribution is 2.21. The molecule has 0 radical (unpaired) electrons. The second-order valence-electron chi connectivity index (χ2n) is 3.63. The lowest BCUT2D eigenvalue weighted by Crippen LogP contribution is -3.00. The number of thioether (sulfide) groups is 1. The molecule has 2 aromatic rings. The highest BCUT2D eigenvalue weighted by Gasteiger charge is 1.96. The fraction of sp³-hybridized carbons (Fsp3) is 0.214.